The van der Waals surface area contributed by atoms with E-state index < -0.39 is 0 Å². The third-order valence-electron chi connectivity index (χ3n) is 5.55. The normalized spacial score (nSPS) is 15.0. The molecule has 0 aromatic rings. The lowest BCUT2D eigenvalue weighted by Crippen LogP contribution is -2.38. The summed E-state index contributed by atoms with van der Waals surface area (Å²) in [7, 11) is 0. The van der Waals surface area contributed by atoms with Crippen molar-refractivity contribution in [2.75, 3.05) is 0 Å². The van der Waals surface area contributed by atoms with E-state index in [0.717, 1.165) is 5.92 Å². The van der Waals surface area contributed by atoms with Crippen LogP contribution in [0.15, 0.2) is 0 Å². The second kappa shape index (κ2) is 7.44. The van der Waals surface area contributed by atoms with Gasteiger partial charge in [0, 0.05) is 0 Å². The van der Waals surface area contributed by atoms with Gasteiger partial charge in [-0.2, -0.15) is 0 Å². The summed E-state index contributed by atoms with van der Waals surface area (Å²) in [5, 5.41) is 0. The van der Waals surface area contributed by atoms with Gasteiger partial charge in [-0.15, -0.1) is 0 Å². The lowest BCUT2D eigenvalue weighted by molar-refractivity contribution is 0.0271. The van der Waals surface area contributed by atoms with Crippen molar-refractivity contribution in [2.45, 2.75) is 93.4 Å². The maximum atomic E-state index is 2.49. The van der Waals surface area contributed by atoms with Crippen LogP contribution in [0.5, 0.6) is 0 Å². The fourth-order valence-electron chi connectivity index (χ4n) is 2.90. The molecule has 1 unspecified atom stereocenters. The molecule has 0 radical (unpaired) electrons. The van der Waals surface area contributed by atoms with Gasteiger partial charge in [0.25, 0.3) is 0 Å². The Balaban J connectivity index is 4.42. The topological polar surface area (TPSA) is 0 Å². The first-order valence-corrected chi connectivity index (χ1v) is 7.83. The fraction of sp³-hybridized carbons (Fsp3) is 1.00. The molecule has 0 aliphatic heterocycles. The summed E-state index contributed by atoms with van der Waals surface area (Å²) < 4.78 is 0. The summed E-state index contributed by atoms with van der Waals surface area (Å²) in [5.74, 6) is 0.884. The minimum absolute atomic E-state index is 0.457. The van der Waals surface area contributed by atoms with Gasteiger partial charge in [0.2, 0.25) is 0 Å². The van der Waals surface area contributed by atoms with Crippen LogP contribution in [0.25, 0.3) is 0 Å². The number of unbranched alkanes of at least 4 members (excludes halogenated alkanes) is 3. The Labute approximate surface area is 111 Å². The molecule has 0 bridgehead atoms. The highest BCUT2D eigenvalue weighted by atomic mass is 14.4. The maximum Gasteiger partial charge on any atom is -0.0275 e. The molecular weight excluding hydrogens is 204 g/mol. The Kier molecular flexibility index (Phi) is 7.44. The van der Waals surface area contributed by atoms with Crippen LogP contribution in [0.2, 0.25) is 0 Å². The predicted octanol–water partition coefficient (Wildman–Crippen LogP) is 6.45. The SMILES string of the molecule is CCCCCCC(CC)C(C)(C)C(C)(C)CC. The van der Waals surface area contributed by atoms with Crippen LogP contribution in [-0.2, 0) is 0 Å². The smallest absolute Gasteiger partial charge is 0.0275 e. The molecule has 0 aliphatic rings. The summed E-state index contributed by atoms with van der Waals surface area (Å²) in [6.45, 7) is 16.9. The molecule has 0 heteroatoms. The molecule has 0 saturated carbocycles. The summed E-state index contributed by atoms with van der Waals surface area (Å²) in [5.41, 5.74) is 0.918. The third kappa shape index (κ3) is 4.64. The standard InChI is InChI=1S/C17H36/c1-8-11-12-13-14-15(9-2)17(6,7)16(4,5)10-3/h15H,8-14H2,1-7H3. The maximum absolute atomic E-state index is 2.49. The van der Waals surface area contributed by atoms with Gasteiger partial charge >= 0.3 is 0 Å². The van der Waals surface area contributed by atoms with Crippen molar-refractivity contribution >= 4 is 0 Å². The van der Waals surface area contributed by atoms with E-state index in [0.29, 0.717) is 10.8 Å². The van der Waals surface area contributed by atoms with Gasteiger partial charge in [-0.1, -0.05) is 87.0 Å². The van der Waals surface area contributed by atoms with Crippen molar-refractivity contribution in [1.82, 2.24) is 0 Å². The fourth-order valence-corrected chi connectivity index (χ4v) is 2.90. The van der Waals surface area contributed by atoms with Crippen LogP contribution >= 0.6 is 0 Å². The minimum atomic E-state index is 0.457. The zero-order valence-electron chi connectivity index (χ0n) is 13.5. The van der Waals surface area contributed by atoms with E-state index in [-0.39, 0.29) is 0 Å². The van der Waals surface area contributed by atoms with Crippen LogP contribution in [0.4, 0.5) is 0 Å². The van der Waals surface area contributed by atoms with Crippen molar-refractivity contribution in [3.8, 4) is 0 Å². The minimum Gasteiger partial charge on any atom is -0.0654 e. The molecule has 1 atom stereocenters. The molecule has 0 N–H and O–H groups in total. The average Bonchev–Trinajstić information content (AvgIpc) is 2.28. The van der Waals surface area contributed by atoms with Gasteiger partial charge in [0.1, 0.15) is 0 Å². The van der Waals surface area contributed by atoms with Gasteiger partial charge in [-0.05, 0) is 23.2 Å². The molecule has 0 aromatic heterocycles. The van der Waals surface area contributed by atoms with Crippen LogP contribution < -0.4 is 0 Å². The molecule has 0 aromatic carbocycles. The highest BCUT2D eigenvalue weighted by Gasteiger charge is 2.40. The quantitative estimate of drug-likeness (QED) is 0.406. The van der Waals surface area contributed by atoms with Crippen LogP contribution in [-0.4, -0.2) is 0 Å². The highest BCUT2D eigenvalue weighted by molar-refractivity contribution is 4.90. The van der Waals surface area contributed by atoms with E-state index in [4.69, 9.17) is 0 Å². The van der Waals surface area contributed by atoms with Crippen molar-refractivity contribution in [2.24, 2.45) is 16.7 Å². The number of hydrogen-bond acceptors (Lipinski definition) is 0. The van der Waals surface area contributed by atoms with Gasteiger partial charge in [-0.25, -0.2) is 0 Å². The van der Waals surface area contributed by atoms with Crippen molar-refractivity contribution in [3.05, 3.63) is 0 Å². The first-order valence-electron chi connectivity index (χ1n) is 7.83. The number of rotatable bonds is 9. The zero-order chi connectivity index (χ0) is 13.5. The second-order valence-corrected chi connectivity index (χ2v) is 6.91. The lowest BCUT2D eigenvalue weighted by atomic mass is 9.58. The van der Waals surface area contributed by atoms with Gasteiger partial charge in [0.15, 0.2) is 0 Å². The van der Waals surface area contributed by atoms with E-state index in [1.54, 1.807) is 0 Å². The molecule has 104 valence electrons. The van der Waals surface area contributed by atoms with Crippen molar-refractivity contribution < 1.29 is 0 Å². The lowest BCUT2D eigenvalue weighted by Gasteiger charge is -2.47. The second-order valence-electron chi connectivity index (χ2n) is 6.91. The Hall–Kier alpha value is 0. The molecule has 0 nitrogen and oxygen atoms in total. The van der Waals surface area contributed by atoms with E-state index in [1.165, 1.54) is 44.9 Å². The Morgan fingerprint density at radius 1 is 0.824 bits per heavy atom. The van der Waals surface area contributed by atoms with Gasteiger partial charge < -0.3 is 0 Å². The van der Waals surface area contributed by atoms with Crippen LogP contribution in [0.3, 0.4) is 0 Å². The monoisotopic (exact) mass is 240 g/mol. The molecule has 0 heterocycles. The Bertz CT molecular complexity index is 188. The first kappa shape index (κ1) is 17.0. The van der Waals surface area contributed by atoms with E-state index in [9.17, 15) is 0 Å². The summed E-state index contributed by atoms with van der Waals surface area (Å²) >= 11 is 0. The van der Waals surface area contributed by atoms with Crippen molar-refractivity contribution in [1.29, 1.82) is 0 Å². The Morgan fingerprint density at radius 3 is 1.82 bits per heavy atom. The average molecular weight is 240 g/mol. The van der Waals surface area contributed by atoms with E-state index in [2.05, 4.69) is 48.5 Å². The van der Waals surface area contributed by atoms with E-state index in [1.807, 2.05) is 0 Å². The van der Waals surface area contributed by atoms with Crippen molar-refractivity contribution in [3.63, 3.8) is 0 Å². The summed E-state index contributed by atoms with van der Waals surface area (Å²) in [4.78, 5) is 0. The van der Waals surface area contributed by atoms with Gasteiger partial charge in [-0.3, -0.25) is 0 Å². The highest BCUT2D eigenvalue weighted by Crippen LogP contribution is 2.49. The van der Waals surface area contributed by atoms with E-state index >= 15 is 0 Å². The molecule has 0 fully saturated rings. The first-order chi connectivity index (χ1) is 7.83. The zero-order valence-corrected chi connectivity index (χ0v) is 13.5. The molecule has 0 spiro atoms. The number of hydrogen-bond donors (Lipinski definition) is 0. The molecule has 0 aliphatic carbocycles. The summed E-state index contributed by atoms with van der Waals surface area (Å²) in [6.07, 6.45) is 9.65. The van der Waals surface area contributed by atoms with Crippen LogP contribution in [0.1, 0.15) is 93.4 Å². The van der Waals surface area contributed by atoms with Crippen LogP contribution in [0, 0.1) is 16.7 Å². The largest absolute Gasteiger partial charge is 0.0654 e. The predicted molar refractivity (Wildman–Crippen MR) is 80.4 cm³/mol. The molecule has 17 heavy (non-hydrogen) atoms. The van der Waals surface area contributed by atoms with Gasteiger partial charge in [0.05, 0.1) is 0 Å². The third-order valence-corrected chi connectivity index (χ3v) is 5.55. The molecular formula is C17H36. The Morgan fingerprint density at radius 2 is 1.41 bits per heavy atom. The molecule has 0 saturated heterocycles. The molecule has 0 rings (SSSR count). The molecule has 0 amide bonds. The summed E-state index contributed by atoms with van der Waals surface area (Å²) in [6, 6.07) is 0.